The van der Waals surface area contributed by atoms with Gasteiger partial charge in [0.2, 0.25) is 0 Å². The average Bonchev–Trinajstić information content (AvgIpc) is 3.34. The quantitative estimate of drug-likeness (QED) is 0.356. The van der Waals surface area contributed by atoms with Crippen molar-refractivity contribution >= 4 is 17.7 Å². The topological polar surface area (TPSA) is 87.0 Å². The van der Waals surface area contributed by atoms with Crippen molar-refractivity contribution in [3.63, 3.8) is 0 Å². The lowest BCUT2D eigenvalue weighted by atomic mass is 9.89. The number of aliphatic carboxylic acids is 1. The summed E-state index contributed by atoms with van der Waals surface area (Å²) < 4.78 is 5.83. The summed E-state index contributed by atoms with van der Waals surface area (Å²) >= 11 is 1.50. The van der Waals surface area contributed by atoms with E-state index in [0.29, 0.717) is 36.9 Å². The molecule has 0 spiro atoms. The van der Waals surface area contributed by atoms with Gasteiger partial charge in [-0.25, -0.2) is 0 Å². The van der Waals surface area contributed by atoms with Gasteiger partial charge in [0.15, 0.2) is 0 Å². The highest BCUT2D eigenvalue weighted by molar-refractivity contribution is 7.99. The molecule has 0 radical (unpaired) electrons. The number of fused-ring (bicyclic) bond motifs is 1. The number of carboxylic acid groups (broad SMARTS) is 1. The summed E-state index contributed by atoms with van der Waals surface area (Å²) in [4.78, 5) is 10.6. The zero-order valence-corrected chi connectivity index (χ0v) is 17.6. The fourth-order valence-electron chi connectivity index (χ4n) is 5.45. The summed E-state index contributed by atoms with van der Waals surface area (Å²) in [5, 5.41) is 29.4. The molecule has 3 N–H and O–H groups in total. The minimum atomic E-state index is -0.742. The van der Waals surface area contributed by atoms with E-state index in [1.165, 1.54) is 24.6 Å². The number of carbonyl (C=O) groups is 1. The fraction of sp³-hybridized carbons (Fsp3) is 0.864. The van der Waals surface area contributed by atoms with E-state index in [1.54, 1.807) is 0 Å². The number of rotatable bonds is 11. The Hall–Kier alpha value is -0.560. The van der Waals surface area contributed by atoms with Gasteiger partial charge in [0.1, 0.15) is 0 Å². The van der Waals surface area contributed by atoms with Gasteiger partial charge in [-0.15, -0.1) is 0 Å². The summed E-state index contributed by atoms with van der Waals surface area (Å²) in [6.07, 6.45) is 13.1. The number of carboxylic acids is 1. The van der Waals surface area contributed by atoms with Crippen molar-refractivity contribution in [3.05, 3.63) is 12.2 Å². The number of hydrogen-bond donors (Lipinski definition) is 3. The minimum absolute atomic E-state index is 0.145. The van der Waals surface area contributed by atoms with Crippen LogP contribution in [0, 0.1) is 23.7 Å². The molecule has 0 heterocycles. The standard InChI is InChI=1S/C22H36O5S/c23-17(7-9-27-18-3-1-2-4-18)5-6-19-20-12-15(8-10-28-14-22(25)26)11-16(20)13-21(19)24/h5-6,15-21,23-24H,1-4,7-14H2,(H,25,26)/t15?,16-,17?,19-,20+,21-/m0/s1. The van der Waals surface area contributed by atoms with Crippen molar-refractivity contribution in [2.24, 2.45) is 23.7 Å². The molecule has 3 aliphatic carbocycles. The largest absolute Gasteiger partial charge is 0.481 e. The molecule has 0 amide bonds. The van der Waals surface area contributed by atoms with Crippen LogP contribution in [-0.2, 0) is 9.53 Å². The second-order valence-electron chi connectivity index (χ2n) is 8.89. The SMILES string of the molecule is O=C(O)CSCCC1C[C@H]2C[C@H](O)[C@@H](C=CC(O)CCOC3CCCC3)[C@@H]2C1. The third kappa shape index (κ3) is 6.48. The molecule has 0 aromatic heterocycles. The Balaban J connectivity index is 1.38. The van der Waals surface area contributed by atoms with Crippen LogP contribution in [0.25, 0.3) is 0 Å². The maximum absolute atomic E-state index is 10.6. The first-order valence-corrected chi connectivity index (χ1v) is 12.1. The lowest BCUT2D eigenvalue weighted by molar-refractivity contribution is -0.133. The van der Waals surface area contributed by atoms with E-state index < -0.39 is 12.1 Å². The predicted molar refractivity (Wildman–Crippen MR) is 111 cm³/mol. The van der Waals surface area contributed by atoms with E-state index in [4.69, 9.17) is 9.84 Å². The van der Waals surface area contributed by atoms with Gasteiger partial charge in [-0.05, 0) is 62.0 Å². The number of aliphatic hydroxyl groups excluding tert-OH is 2. The van der Waals surface area contributed by atoms with Crippen molar-refractivity contribution in [1.82, 2.24) is 0 Å². The van der Waals surface area contributed by atoms with Crippen LogP contribution in [0.2, 0.25) is 0 Å². The van der Waals surface area contributed by atoms with E-state index in [2.05, 4.69) is 6.08 Å². The van der Waals surface area contributed by atoms with Gasteiger partial charge in [-0.1, -0.05) is 25.0 Å². The summed E-state index contributed by atoms with van der Waals surface area (Å²) in [5.41, 5.74) is 0. The highest BCUT2D eigenvalue weighted by atomic mass is 32.2. The van der Waals surface area contributed by atoms with Crippen LogP contribution in [-0.4, -0.2) is 57.7 Å². The molecule has 0 aliphatic heterocycles. The van der Waals surface area contributed by atoms with Crippen LogP contribution in [0.1, 0.15) is 57.8 Å². The van der Waals surface area contributed by atoms with Crippen LogP contribution in [0.3, 0.4) is 0 Å². The number of thioether (sulfide) groups is 1. The molecule has 0 saturated heterocycles. The lowest BCUT2D eigenvalue weighted by Crippen LogP contribution is -2.19. The second-order valence-corrected chi connectivity index (χ2v) is 10.0. The molecule has 6 atom stereocenters. The molecule has 28 heavy (non-hydrogen) atoms. The third-order valence-electron chi connectivity index (χ3n) is 6.85. The molecular formula is C22H36O5S. The van der Waals surface area contributed by atoms with Gasteiger partial charge in [0.25, 0.3) is 0 Å². The first-order valence-electron chi connectivity index (χ1n) is 11.0. The minimum Gasteiger partial charge on any atom is -0.481 e. The van der Waals surface area contributed by atoms with Crippen molar-refractivity contribution in [3.8, 4) is 0 Å². The molecule has 3 saturated carbocycles. The second kappa shape index (κ2) is 11.0. The van der Waals surface area contributed by atoms with Gasteiger partial charge < -0.3 is 20.1 Å². The summed E-state index contributed by atoms with van der Waals surface area (Å²) in [5.74, 6) is 2.21. The number of aliphatic hydroxyl groups is 2. The van der Waals surface area contributed by atoms with Gasteiger partial charge in [0.05, 0.1) is 24.1 Å². The average molecular weight is 413 g/mol. The maximum atomic E-state index is 10.6. The Morgan fingerprint density at radius 1 is 1.21 bits per heavy atom. The van der Waals surface area contributed by atoms with Crippen LogP contribution >= 0.6 is 11.8 Å². The zero-order chi connectivity index (χ0) is 19.9. The molecule has 0 aromatic rings. The van der Waals surface area contributed by atoms with Gasteiger partial charge in [0, 0.05) is 18.9 Å². The summed E-state index contributed by atoms with van der Waals surface area (Å²) in [7, 11) is 0. The van der Waals surface area contributed by atoms with Gasteiger partial charge >= 0.3 is 5.97 Å². The summed E-state index contributed by atoms with van der Waals surface area (Å²) in [6, 6.07) is 0. The van der Waals surface area contributed by atoms with Crippen LogP contribution < -0.4 is 0 Å². The Labute approximate surface area is 172 Å². The number of hydrogen-bond acceptors (Lipinski definition) is 5. The van der Waals surface area contributed by atoms with Crippen LogP contribution in [0.4, 0.5) is 0 Å². The monoisotopic (exact) mass is 412 g/mol. The highest BCUT2D eigenvalue weighted by Crippen LogP contribution is 2.51. The Morgan fingerprint density at radius 2 is 2.00 bits per heavy atom. The van der Waals surface area contributed by atoms with Crippen LogP contribution in [0.5, 0.6) is 0 Å². The zero-order valence-electron chi connectivity index (χ0n) is 16.7. The molecule has 6 heteroatoms. The molecule has 5 nitrogen and oxygen atoms in total. The van der Waals surface area contributed by atoms with Crippen molar-refractivity contribution < 1.29 is 24.9 Å². The molecule has 3 fully saturated rings. The molecule has 3 aliphatic rings. The molecular weight excluding hydrogens is 376 g/mol. The number of ether oxygens (including phenoxy) is 1. The molecule has 160 valence electrons. The summed E-state index contributed by atoms with van der Waals surface area (Å²) in [6.45, 7) is 0.603. The highest BCUT2D eigenvalue weighted by Gasteiger charge is 2.46. The first-order chi connectivity index (χ1) is 13.5. The van der Waals surface area contributed by atoms with E-state index >= 15 is 0 Å². The Bertz CT molecular complexity index is 519. The predicted octanol–water partition coefficient (Wildman–Crippen LogP) is 3.48. The van der Waals surface area contributed by atoms with Gasteiger partial charge in [-0.2, -0.15) is 11.8 Å². The molecule has 3 rings (SSSR count). The third-order valence-corrected chi connectivity index (χ3v) is 7.83. The van der Waals surface area contributed by atoms with Crippen LogP contribution in [0.15, 0.2) is 12.2 Å². The molecule has 2 unspecified atom stereocenters. The Kier molecular flexibility index (Phi) is 8.70. The van der Waals surface area contributed by atoms with E-state index in [0.717, 1.165) is 44.3 Å². The Morgan fingerprint density at radius 3 is 2.75 bits per heavy atom. The van der Waals surface area contributed by atoms with E-state index in [-0.39, 0.29) is 17.8 Å². The van der Waals surface area contributed by atoms with Crippen molar-refractivity contribution in [2.45, 2.75) is 76.1 Å². The van der Waals surface area contributed by atoms with Crippen molar-refractivity contribution in [2.75, 3.05) is 18.1 Å². The fourth-order valence-corrected chi connectivity index (χ4v) is 6.27. The normalized spacial score (nSPS) is 34.3. The van der Waals surface area contributed by atoms with E-state index in [9.17, 15) is 15.0 Å². The molecule has 0 bridgehead atoms. The first kappa shape index (κ1) is 22.1. The lowest BCUT2D eigenvalue weighted by Gasteiger charge is -2.19. The molecule has 0 aromatic carbocycles. The van der Waals surface area contributed by atoms with Crippen molar-refractivity contribution in [1.29, 1.82) is 0 Å². The smallest absolute Gasteiger partial charge is 0.313 e. The maximum Gasteiger partial charge on any atom is 0.313 e. The van der Waals surface area contributed by atoms with Gasteiger partial charge in [-0.3, -0.25) is 4.79 Å². The van der Waals surface area contributed by atoms with E-state index in [1.807, 2.05) is 6.08 Å².